The molecule has 0 bridgehead atoms. The predicted molar refractivity (Wildman–Crippen MR) is 86.5 cm³/mol. The maximum absolute atomic E-state index is 12.1. The molecule has 0 radical (unpaired) electrons. The van der Waals surface area contributed by atoms with Gasteiger partial charge in [-0.1, -0.05) is 30.3 Å². The second kappa shape index (κ2) is 4.50. The highest BCUT2D eigenvalue weighted by Gasteiger charge is 2.19. The third-order valence-corrected chi connectivity index (χ3v) is 4.65. The summed E-state index contributed by atoms with van der Waals surface area (Å²) in [5.74, 6) is -0.244. The molecule has 0 saturated heterocycles. The zero-order valence-corrected chi connectivity index (χ0v) is 11.8. The molecular formula is C18H10O2S. The average molecular weight is 290 g/mol. The maximum atomic E-state index is 12.1. The molecule has 100 valence electrons. The van der Waals surface area contributed by atoms with Crippen molar-refractivity contribution in [1.82, 2.24) is 0 Å². The van der Waals surface area contributed by atoms with Gasteiger partial charge in [0.25, 0.3) is 0 Å². The Labute approximate surface area is 125 Å². The third-order valence-electron chi connectivity index (χ3n) is 3.71. The lowest BCUT2D eigenvalue weighted by atomic mass is 9.94. The van der Waals surface area contributed by atoms with Crippen LogP contribution in [0.3, 0.4) is 0 Å². The van der Waals surface area contributed by atoms with E-state index in [9.17, 15) is 9.59 Å². The van der Waals surface area contributed by atoms with E-state index in [0.717, 1.165) is 26.4 Å². The standard InChI is InChI=1S/C18H10O2S/c19-12-6-7-16(20)14(9-12)15-10-21-17-8-5-11-3-1-2-4-13(11)18(15)17/h1-10H. The first-order chi connectivity index (χ1) is 10.2. The maximum Gasteiger partial charge on any atom is 0.186 e. The van der Waals surface area contributed by atoms with Crippen LogP contribution < -0.4 is 0 Å². The highest BCUT2D eigenvalue weighted by atomic mass is 32.1. The summed E-state index contributed by atoms with van der Waals surface area (Å²) in [5.41, 5.74) is 1.35. The Morgan fingerprint density at radius 1 is 0.905 bits per heavy atom. The van der Waals surface area contributed by atoms with E-state index in [1.165, 1.54) is 18.2 Å². The summed E-state index contributed by atoms with van der Waals surface area (Å²) in [6, 6.07) is 12.2. The van der Waals surface area contributed by atoms with E-state index in [4.69, 9.17) is 0 Å². The van der Waals surface area contributed by atoms with Gasteiger partial charge in [0.15, 0.2) is 11.6 Å². The third kappa shape index (κ3) is 1.86. The molecule has 4 rings (SSSR count). The van der Waals surface area contributed by atoms with Crippen LogP contribution in [0.1, 0.15) is 5.56 Å². The fourth-order valence-electron chi connectivity index (χ4n) is 2.73. The number of fused-ring (bicyclic) bond motifs is 3. The van der Waals surface area contributed by atoms with E-state index in [-0.39, 0.29) is 11.6 Å². The Hall–Kier alpha value is -2.52. The number of rotatable bonds is 1. The molecule has 3 heteroatoms. The largest absolute Gasteiger partial charge is 0.290 e. The van der Waals surface area contributed by atoms with Gasteiger partial charge < -0.3 is 0 Å². The van der Waals surface area contributed by atoms with Gasteiger partial charge in [-0.3, -0.25) is 9.59 Å². The van der Waals surface area contributed by atoms with Crippen LogP contribution in [0.15, 0.2) is 60.0 Å². The van der Waals surface area contributed by atoms with Gasteiger partial charge in [0.05, 0.1) is 0 Å². The van der Waals surface area contributed by atoms with Crippen molar-refractivity contribution >= 4 is 49.3 Å². The molecule has 0 saturated carbocycles. The van der Waals surface area contributed by atoms with Gasteiger partial charge in [-0.2, -0.15) is 0 Å². The van der Waals surface area contributed by atoms with Crippen LogP contribution in [0.2, 0.25) is 0 Å². The molecule has 1 aliphatic rings. The molecule has 0 aliphatic heterocycles. The number of allylic oxidation sites excluding steroid dienone is 4. The number of ketones is 2. The molecule has 3 aromatic rings. The molecule has 0 atom stereocenters. The zero-order valence-electron chi connectivity index (χ0n) is 11.0. The minimum Gasteiger partial charge on any atom is -0.290 e. The molecule has 0 amide bonds. The molecule has 2 aromatic carbocycles. The molecule has 1 heterocycles. The van der Waals surface area contributed by atoms with Crippen molar-refractivity contribution in [1.29, 1.82) is 0 Å². The molecule has 0 spiro atoms. The molecule has 0 unspecified atom stereocenters. The Bertz CT molecular complexity index is 973. The number of carbonyl (C=O) groups excluding carboxylic acids is 2. The molecule has 1 aliphatic carbocycles. The first kappa shape index (κ1) is 12.2. The number of thiophene rings is 1. The van der Waals surface area contributed by atoms with Crippen LogP contribution in [0.25, 0.3) is 26.4 Å². The SMILES string of the molecule is O=C1C=CC(=O)C(c2csc3ccc4ccccc4c23)=C1. The number of carbonyl (C=O) groups is 2. The second-order valence-corrected chi connectivity index (χ2v) is 5.88. The van der Waals surface area contributed by atoms with Gasteiger partial charge in [0.2, 0.25) is 0 Å². The minimum absolute atomic E-state index is 0.109. The van der Waals surface area contributed by atoms with E-state index in [0.29, 0.717) is 5.57 Å². The molecule has 2 nitrogen and oxygen atoms in total. The average Bonchev–Trinajstić information content (AvgIpc) is 2.94. The van der Waals surface area contributed by atoms with Crippen molar-refractivity contribution in [3.8, 4) is 0 Å². The van der Waals surface area contributed by atoms with Gasteiger partial charge >= 0.3 is 0 Å². The van der Waals surface area contributed by atoms with Crippen molar-refractivity contribution < 1.29 is 9.59 Å². The van der Waals surface area contributed by atoms with Crippen LogP contribution >= 0.6 is 11.3 Å². The van der Waals surface area contributed by atoms with Crippen molar-refractivity contribution in [2.24, 2.45) is 0 Å². The van der Waals surface area contributed by atoms with Crippen LogP contribution in [0.4, 0.5) is 0 Å². The van der Waals surface area contributed by atoms with Gasteiger partial charge in [0, 0.05) is 21.2 Å². The monoisotopic (exact) mass is 290 g/mol. The number of hydrogen-bond acceptors (Lipinski definition) is 3. The zero-order chi connectivity index (χ0) is 14.4. The molecular weight excluding hydrogens is 280 g/mol. The van der Waals surface area contributed by atoms with E-state index >= 15 is 0 Å². The van der Waals surface area contributed by atoms with Crippen LogP contribution in [-0.2, 0) is 9.59 Å². The highest BCUT2D eigenvalue weighted by Crippen LogP contribution is 2.37. The van der Waals surface area contributed by atoms with Crippen molar-refractivity contribution in [3.63, 3.8) is 0 Å². The lowest BCUT2D eigenvalue weighted by Crippen LogP contribution is -2.06. The molecule has 0 N–H and O–H groups in total. The molecule has 0 fully saturated rings. The number of hydrogen-bond donors (Lipinski definition) is 0. The van der Waals surface area contributed by atoms with E-state index in [1.807, 2.05) is 17.5 Å². The van der Waals surface area contributed by atoms with Crippen LogP contribution in [-0.4, -0.2) is 11.6 Å². The molecule has 1 aromatic heterocycles. The van der Waals surface area contributed by atoms with E-state index in [2.05, 4.69) is 24.3 Å². The van der Waals surface area contributed by atoms with E-state index < -0.39 is 0 Å². The first-order valence-corrected chi connectivity index (χ1v) is 7.49. The Kier molecular flexibility index (Phi) is 2.62. The van der Waals surface area contributed by atoms with Crippen molar-refractivity contribution in [3.05, 3.63) is 65.6 Å². The quantitative estimate of drug-likeness (QED) is 0.631. The lowest BCUT2D eigenvalue weighted by Gasteiger charge is -2.07. The molecule has 21 heavy (non-hydrogen) atoms. The minimum atomic E-state index is -0.135. The van der Waals surface area contributed by atoms with E-state index in [1.54, 1.807) is 11.3 Å². The summed E-state index contributed by atoms with van der Waals surface area (Å²) in [5, 5.41) is 5.27. The summed E-state index contributed by atoms with van der Waals surface area (Å²) in [7, 11) is 0. The Morgan fingerprint density at radius 3 is 2.67 bits per heavy atom. The fourth-order valence-corrected chi connectivity index (χ4v) is 3.70. The summed E-state index contributed by atoms with van der Waals surface area (Å²) >= 11 is 1.60. The topological polar surface area (TPSA) is 34.1 Å². The number of benzene rings is 2. The Balaban J connectivity index is 2.08. The van der Waals surface area contributed by atoms with Crippen molar-refractivity contribution in [2.75, 3.05) is 0 Å². The van der Waals surface area contributed by atoms with Crippen LogP contribution in [0, 0.1) is 0 Å². The summed E-state index contributed by atoms with van der Waals surface area (Å²) < 4.78 is 1.12. The predicted octanol–water partition coefficient (Wildman–Crippen LogP) is 4.15. The summed E-state index contributed by atoms with van der Waals surface area (Å²) in [4.78, 5) is 23.7. The second-order valence-electron chi connectivity index (χ2n) is 4.97. The highest BCUT2D eigenvalue weighted by molar-refractivity contribution is 7.17. The van der Waals surface area contributed by atoms with Gasteiger partial charge in [-0.15, -0.1) is 11.3 Å². The summed E-state index contributed by atoms with van der Waals surface area (Å²) in [6.45, 7) is 0. The van der Waals surface area contributed by atoms with Gasteiger partial charge in [0.1, 0.15) is 0 Å². The Morgan fingerprint density at radius 2 is 1.76 bits per heavy atom. The fraction of sp³-hybridized carbons (Fsp3) is 0. The first-order valence-electron chi connectivity index (χ1n) is 6.61. The smallest absolute Gasteiger partial charge is 0.186 e. The normalized spacial score (nSPS) is 15.0. The lowest BCUT2D eigenvalue weighted by molar-refractivity contribution is -0.113. The summed E-state index contributed by atoms with van der Waals surface area (Å²) in [6.07, 6.45) is 4.11. The van der Waals surface area contributed by atoms with Crippen molar-refractivity contribution in [2.45, 2.75) is 0 Å². The van der Waals surface area contributed by atoms with Gasteiger partial charge in [-0.05, 0) is 40.4 Å². The van der Waals surface area contributed by atoms with Gasteiger partial charge in [-0.25, -0.2) is 0 Å². The van der Waals surface area contributed by atoms with Crippen LogP contribution in [0.5, 0.6) is 0 Å².